The van der Waals surface area contributed by atoms with Crippen LogP contribution in [-0.4, -0.2) is 66.3 Å². The summed E-state index contributed by atoms with van der Waals surface area (Å²) in [6.45, 7) is 4.10. The molecule has 2 heterocycles. The van der Waals surface area contributed by atoms with Crippen molar-refractivity contribution in [2.75, 3.05) is 39.8 Å². The first kappa shape index (κ1) is 19.6. The molecule has 29 heavy (non-hydrogen) atoms. The second-order valence-electron chi connectivity index (χ2n) is 7.43. The van der Waals surface area contributed by atoms with Crippen LogP contribution in [0.25, 0.3) is 10.8 Å². The van der Waals surface area contributed by atoms with Crippen LogP contribution in [-0.2, 0) is 11.3 Å². The fraction of sp³-hybridized carbons (Fsp3) is 0.304. The predicted octanol–water partition coefficient (Wildman–Crippen LogP) is 3.32. The molecule has 5 nitrogen and oxygen atoms in total. The molecule has 0 aliphatic carbocycles. The Morgan fingerprint density at radius 3 is 2.48 bits per heavy atom. The molecule has 3 aromatic rings. The lowest BCUT2D eigenvalue weighted by Crippen LogP contribution is -2.51. The van der Waals surface area contributed by atoms with Gasteiger partial charge in [0.25, 0.3) is 5.91 Å². The molecule has 6 heteroatoms. The van der Waals surface area contributed by atoms with Gasteiger partial charge >= 0.3 is 0 Å². The van der Waals surface area contributed by atoms with Gasteiger partial charge < -0.3 is 9.80 Å². The molecule has 1 saturated heterocycles. The highest BCUT2D eigenvalue weighted by atomic mass is 32.1. The van der Waals surface area contributed by atoms with Gasteiger partial charge in [-0.05, 0) is 27.8 Å². The molecular formula is C23H25N3O2S. The Kier molecular flexibility index (Phi) is 5.92. The maximum absolute atomic E-state index is 12.6. The van der Waals surface area contributed by atoms with Gasteiger partial charge in [0, 0.05) is 39.8 Å². The zero-order chi connectivity index (χ0) is 20.2. The minimum atomic E-state index is -0.0945. The number of hydrogen-bond donors (Lipinski definition) is 0. The Balaban J connectivity index is 1.31. The van der Waals surface area contributed by atoms with Crippen molar-refractivity contribution in [2.45, 2.75) is 6.54 Å². The van der Waals surface area contributed by atoms with E-state index in [1.807, 2.05) is 16.3 Å². The van der Waals surface area contributed by atoms with E-state index in [9.17, 15) is 9.59 Å². The molecular weight excluding hydrogens is 382 g/mol. The molecule has 2 aromatic carbocycles. The van der Waals surface area contributed by atoms with Gasteiger partial charge in [0.1, 0.15) is 0 Å². The smallest absolute Gasteiger partial charge is 0.264 e. The van der Waals surface area contributed by atoms with Crippen LogP contribution in [0.4, 0.5) is 0 Å². The molecule has 0 spiro atoms. The molecule has 1 fully saturated rings. The van der Waals surface area contributed by atoms with Gasteiger partial charge in [-0.2, -0.15) is 0 Å². The van der Waals surface area contributed by atoms with Crippen molar-refractivity contribution in [1.29, 1.82) is 0 Å². The third-order valence-corrected chi connectivity index (χ3v) is 6.31. The summed E-state index contributed by atoms with van der Waals surface area (Å²) in [5, 5.41) is 4.43. The summed E-state index contributed by atoms with van der Waals surface area (Å²) in [5.74, 6) is -0.0786. The summed E-state index contributed by atoms with van der Waals surface area (Å²) >= 11 is 1.40. The maximum atomic E-state index is 12.6. The van der Waals surface area contributed by atoms with Gasteiger partial charge in [0.15, 0.2) is 0 Å². The molecule has 1 aliphatic rings. The molecule has 1 aromatic heterocycles. The number of hydrogen-bond acceptors (Lipinski definition) is 4. The van der Waals surface area contributed by atoms with E-state index in [0.29, 0.717) is 18.0 Å². The summed E-state index contributed by atoms with van der Waals surface area (Å²) in [5.41, 5.74) is 1.32. The number of carbonyl (C=O) groups excluding carboxylic acids is 2. The molecule has 150 valence electrons. The second-order valence-corrected chi connectivity index (χ2v) is 8.38. The van der Waals surface area contributed by atoms with Crippen LogP contribution in [0, 0.1) is 0 Å². The molecule has 1 aliphatic heterocycles. The van der Waals surface area contributed by atoms with Crippen LogP contribution in [0.15, 0.2) is 60.0 Å². The summed E-state index contributed by atoms with van der Waals surface area (Å²) in [4.78, 5) is 31.4. The third kappa shape index (κ3) is 4.49. The number of amides is 2. The van der Waals surface area contributed by atoms with Crippen molar-refractivity contribution in [2.24, 2.45) is 0 Å². The topological polar surface area (TPSA) is 43.9 Å². The van der Waals surface area contributed by atoms with Crippen LogP contribution in [0.1, 0.15) is 15.2 Å². The Morgan fingerprint density at radius 2 is 1.72 bits per heavy atom. The lowest BCUT2D eigenvalue weighted by atomic mass is 10.0. The van der Waals surface area contributed by atoms with Crippen LogP contribution >= 0.6 is 11.3 Å². The highest BCUT2D eigenvalue weighted by molar-refractivity contribution is 7.12. The van der Waals surface area contributed by atoms with Gasteiger partial charge in [-0.25, -0.2) is 0 Å². The monoisotopic (exact) mass is 407 g/mol. The summed E-state index contributed by atoms with van der Waals surface area (Å²) in [6, 6.07) is 18.5. The molecule has 0 unspecified atom stereocenters. The second kappa shape index (κ2) is 8.76. The first-order chi connectivity index (χ1) is 14.1. The van der Waals surface area contributed by atoms with Crippen LogP contribution in [0.5, 0.6) is 0 Å². The van der Waals surface area contributed by atoms with E-state index in [4.69, 9.17) is 0 Å². The van der Waals surface area contributed by atoms with Gasteiger partial charge in [0.2, 0.25) is 5.91 Å². The standard InChI is InChI=1S/C23H25N3O2S/c1-24(23(28)21-10-5-15-29-21)17-22(27)26-13-11-25(12-14-26)16-19-8-4-7-18-6-2-3-9-20(18)19/h2-10,15H,11-14,16-17H2,1H3. The van der Waals surface area contributed by atoms with Crippen LogP contribution in [0.3, 0.4) is 0 Å². The number of fused-ring (bicyclic) bond motifs is 1. The Hall–Kier alpha value is -2.70. The fourth-order valence-electron chi connectivity index (χ4n) is 3.79. The number of rotatable bonds is 5. The number of likely N-dealkylation sites (N-methyl/N-ethyl adjacent to an activating group) is 1. The van der Waals surface area contributed by atoms with E-state index >= 15 is 0 Å². The van der Waals surface area contributed by atoms with E-state index in [-0.39, 0.29) is 18.4 Å². The average molecular weight is 408 g/mol. The third-order valence-electron chi connectivity index (χ3n) is 5.45. The Bertz CT molecular complexity index is 989. The van der Waals surface area contributed by atoms with Crippen molar-refractivity contribution < 1.29 is 9.59 Å². The molecule has 0 bridgehead atoms. The molecule has 2 amide bonds. The van der Waals surface area contributed by atoms with Gasteiger partial charge in [-0.15, -0.1) is 11.3 Å². The number of carbonyl (C=O) groups is 2. The van der Waals surface area contributed by atoms with Crippen molar-refractivity contribution in [3.05, 3.63) is 70.4 Å². The largest absolute Gasteiger partial charge is 0.339 e. The summed E-state index contributed by atoms with van der Waals surface area (Å²) in [7, 11) is 1.69. The lowest BCUT2D eigenvalue weighted by Gasteiger charge is -2.35. The molecule has 4 rings (SSSR count). The van der Waals surface area contributed by atoms with E-state index < -0.39 is 0 Å². The summed E-state index contributed by atoms with van der Waals surface area (Å²) < 4.78 is 0. The quantitative estimate of drug-likeness (QED) is 0.652. The number of nitrogens with zero attached hydrogens (tertiary/aromatic N) is 3. The fourth-order valence-corrected chi connectivity index (χ4v) is 4.51. The Labute approximate surface area is 175 Å². The van der Waals surface area contributed by atoms with Gasteiger partial charge in [-0.3, -0.25) is 14.5 Å². The van der Waals surface area contributed by atoms with E-state index in [1.54, 1.807) is 13.1 Å². The summed E-state index contributed by atoms with van der Waals surface area (Å²) in [6.07, 6.45) is 0. The highest BCUT2D eigenvalue weighted by Gasteiger charge is 2.24. The predicted molar refractivity (Wildman–Crippen MR) is 117 cm³/mol. The van der Waals surface area contributed by atoms with Crippen molar-refractivity contribution in [1.82, 2.24) is 14.7 Å². The maximum Gasteiger partial charge on any atom is 0.264 e. The molecule has 0 saturated carbocycles. The lowest BCUT2D eigenvalue weighted by molar-refractivity contribution is -0.133. The van der Waals surface area contributed by atoms with Crippen molar-refractivity contribution >= 4 is 33.9 Å². The van der Waals surface area contributed by atoms with Crippen LogP contribution in [0.2, 0.25) is 0 Å². The number of piperazine rings is 1. The Morgan fingerprint density at radius 1 is 0.966 bits per heavy atom. The molecule has 0 radical (unpaired) electrons. The highest BCUT2D eigenvalue weighted by Crippen LogP contribution is 2.20. The van der Waals surface area contributed by atoms with E-state index in [0.717, 1.165) is 19.6 Å². The normalized spacial score (nSPS) is 14.9. The average Bonchev–Trinajstić information content (AvgIpc) is 3.29. The van der Waals surface area contributed by atoms with Crippen molar-refractivity contribution in [3.8, 4) is 0 Å². The van der Waals surface area contributed by atoms with E-state index in [1.165, 1.54) is 32.6 Å². The zero-order valence-electron chi connectivity index (χ0n) is 16.6. The first-order valence-corrected chi connectivity index (χ1v) is 10.8. The zero-order valence-corrected chi connectivity index (χ0v) is 17.4. The van der Waals surface area contributed by atoms with Gasteiger partial charge in [-0.1, -0.05) is 48.5 Å². The molecule has 0 atom stereocenters. The van der Waals surface area contributed by atoms with Crippen molar-refractivity contribution in [3.63, 3.8) is 0 Å². The number of benzene rings is 2. The minimum Gasteiger partial charge on any atom is -0.339 e. The van der Waals surface area contributed by atoms with E-state index in [2.05, 4.69) is 47.4 Å². The number of thiophene rings is 1. The van der Waals surface area contributed by atoms with Gasteiger partial charge in [0.05, 0.1) is 11.4 Å². The SMILES string of the molecule is CN(CC(=O)N1CCN(Cc2cccc3ccccc23)CC1)C(=O)c1cccs1. The van der Waals surface area contributed by atoms with Crippen LogP contribution < -0.4 is 0 Å². The molecule has 0 N–H and O–H groups in total. The first-order valence-electron chi connectivity index (χ1n) is 9.87. The minimum absolute atomic E-state index is 0.0159.